The third-order valence-electron chi connectivity index (χ3n) is 7.71. The van der Waals surface area contributed by atoms with E-state index in [0.717, 1.165) is 57.7 Å². The molecule has 2 aliphatic heterocycles. The summed E-state index contributed by atoms with van der Waals surface area (Å²) in [5, 5.41) is 12.5. The predicted octanol–water partition coefficient (Wildman–Crippen LogP) is 3.02. The van der Waals surface area contributed by atoms with E-state index >= 15 is 0 Å². The summed E-state index contributed by atoms with van der Waals surface area (Å²) in [4.78, 5) is 26.1. The van der Waals surface area contributed by atoms with Gasteiger partial charge in [0, 0.05) is 36.5 Å². The van der Waals surface area contributed by atoms with Gasteiger partial charge in [-0.05, 0) is 69.7 Å². The van der Waals surface area contributed by atoms with E-state index in [2.05, 4.69) is 16.3 Å². The van der Waals surface area contributed by atoms with Crippen LogP contribution in [-0.2, 0) is 0 Å². The molecule has 1 unspecified atom stereocenters. The lowest BCUT2D eigenvalue weighted by molar-refractivity contribution is 0.209. The molecular formula is C26H31N3O4. The monoisotopic (exact) mass is 449 g/mol. The number of fused-ring (bicyclic) bond motifs is 3. The molecule has 1 saturated heterocycles. The van der Waals surface area contributed by atoms with Crippen molar-refractivity contribution in [1.29, 1.82) is 5.26 Å². The summed E-state index contributed by atoms with van der Waals surface area (Å²) in [6.07, 6.45) is 5.48. The molecular weight excluding hydrogens is 418 g/mol. The van der Waals surface area contributed by atoms with Crippen molar-refractivity contribution in [3.63, 3.8) is 0 Å². The van der Waals surface area contributed by atoms with E-state index < -0.39 is 10.9 Å². The molecule has 0 bridgehead atoms. The number of nitrogens with zero attached hydrogens (tertiary/aromatic N) is 2. The molecule has 1 saturated carbocycles. The fourth-order valence-electron chi connectivity index (χ4n) is 5.85. The number of hydrogen-bond acceptors (Lipinski definition) is 7. The van der Waals surface area contributed by atoms with Crippen LogP contribution in [-0.4, -0.2) is 43.8 Å². The molecule has 0 spiro atoms. The predicted molar refractivity (Wildman–Crippen MR) is 126 cm³/mol. The highest BCUT2D eigenvalue weighted by molar-refractivity contribution is 5.62. The second-order valence-electron chi connectivity index (χ2n) is 9.75. The van der Waals surface area contributed by atoms with Gasteiger partial charge in [-0.25, -0.2) is 0 Å². The average Bonchev–Trinajstić information content (AvgIpc) is 3.28. The van der Waals surface area contributed by atoms with Crippen molar-refractivity contribution < 1.29 is 9.47 Å². The Bertz CT molecular complexity index is 1120. The molecule has 2 aromatic carbocycles. The Labute approximate surface area is 194 Å². The van der Waals surface area contributed by atoms with E-state index in [0.29, 0.717) is 35.6 Å². The van der Waals surface area contributed by atoms with E-state index in [1.165, 1.54) is 12.0 Å². The first-order valence-corrected chi connectivity index (χ1v) is 12.2. The molecule has 0 radical (unpaired) electrons. The minimum Gasteiger partial charge on any atom is -0.493 e. The Morgan fingerprint density at radius 2 is 2.00 bits per heavy atom. The van der Waals surface area contributed by atoms with Crippen molar-refractivity contribution >= 4 is 5.69 Å². The van der Waals surface area contributed by atoms with E-state index in [1.54, 1.807) is 0 Å². The molecule has 2 heterocycles. The molecule has 2 atom stereocenters. The SMILES string of the molecule is CCOc1c(NC2CCC(CCN3CC4COc5ccc(C#N)cc5[C@@H]4C3)CC2)c(=O)c1=O. The molecule has 7 nitrogen and oxygen atoms in total. The smallest absolute Gasteiger partial charge is 0.272 e. The van der Waals surface area contributed by atoms with Crippen LogP contribution in [0.3, 0.4) is 0 Å². The maximum atomic E-state index is 11.9. The highest BCUT2D eigenvalue weighted by atomic mass is 16.5. The number of rotatable bonds is 7. The Kier molecular flexibility index (Phi) is 6.11. The Hall–Kier alpha value is -2.85. The number of hydrogen-bond donors (Lipinski definition) is 1. The van der Waals surface area contributed by atoms with Crippen LogP contribution in [0, 0.1) is 23.2 Å². The first kappa shape index (κ1) is 22.0. The lowest BCUT2D eigenvalue weighted by Gasteiger charge is -2.31. The quantitative estimate of drug-likeness (QED) is 0.650. The van der Waals surface area contributed by atoms with Crippen LogP contribution in [0.5, 0.6) is 11.5 Å². The Morgan fingerprint density at radius 1 is 1.18 bits per heavy atom. The third-order valence-corrected chi connectivity index (χ3v) is 7.71. The van der Waals surface area contributed by atoms with E-state index in [1.807, 2.05) is 25.1 Å². The number of benzene rings is 1. The lowest BCUT2D eigenvalue weighted by atomic mass is 9.84. The van der Waals surface area contributed by atoms with Gasteiger partial charge in [-0.2, -0.15) is 5.26 Å². The van der Waals surface area contributed by atoms with Crippen LogP contribution in [0.25, 0.3) is 0 Å². The van der Waals surface area contributed by atoms with Gasteiger partial charge in [0.1, 0.15) is 11.4 Å². The lowest BCUT2D eigenvalue weighted by Crippen LogP contribution is -2.39. The van der Waals surface area contributed by atoms with E-state index in [9.17, 15) is 14.9 Å². The van der Waals surface area contributed by atoms with Crippen LogP contribution in [0.15, 0.2) is 27.8 Å². The maximum Gasteiger partial charge on any atom is 0.272 e. The fourth-order valence-corrected chi connectivity index (χ4v) is 5.85. The van der Waals surface area contributed by atoms with Gasteiger partial charge in [-0.3, -0.25) is 9.59 Å². The van der Waals surface area contributed by atoms with Gasteiger partial charge in [-0.1, -0.05) is 0 Å². The fraction of sp³-hybridized carbons (Fsp3) is 0.577. The molecule has 33 heavy (non-hydrogen) atoms. The zero-order chi connectivity index (χ0) is 22.9. The number of likely N-dealkylation sites (tertiary alicyclic amines) is 1. The summed E-state index contributed by atoms with van der Waals surface area (Å²) in [5.74, 6) is 2.81. The number of ether oxygens (including phenoxy) is 2. The Morgan fingerprint density at radius 3 is 2.76 bits per heavy atom. The average molecular weight is 450 g/mol. The van der Waals surface area contributed by atoms with Crippen LogP contribution in [0.1, 0.15) is 56.1 Å². The van der Waals surface area contributed by atoms with Gasteiger partial charge in [0.2, 0.25) is 0 Å². The van der Waals surface area contributed by atoms with Crippen LogP contribution < -0.4 is 25.6 Å². The summed E-state index contributed by atoms with van der Waals surface area (Å²) >= 11 is 0. The van der Waals surface area contributed by atoms with Crippen molar-refractivity contribution in [2.45, 2.75) is 51.0 Å². The standard InChI is InChI=1S/C26H31N3O4/c1-2-32-26-23(24(30)25(26)31)28-19-6-3-16(4-7-19)9-10-29-13-18-15-33-22-8-5-17(12-27)11-20(22)21(18)14-29/h5,8,11,16,18-19,21,28H,2-4,6-7,9-10,13-15H2,1H3/t16?,18?,19?,21-/m1/s1. The summed E-state index contributed by atoms with van der Waals surface area (Å²) in [5.41, 5.74) is 1.34. The number of anilines is 1. The van der Waals surface area contributed by atoms with E-state index in [4.69, 9.17) is 9.47 Å². The molecule has 174 valence electrons. The van der Waals surface area contributed by atoms with Gasteiger partial charge < -0.3 is 19.7 Å². The van der Waals surface area contributed by atoms with Crippen molar-refractivity contribution in [1.82, 2.24) is 4.90 Å². The van der Waals surface area contributed by atoms with Crippen LogP contribution >= 0.6 is 0 Å². The largest absolute Gasteiger partial charge is 0.493 e. The van der Waals surface area contributed by atoms with Gasteiger partial charge in [0.25, 0.3) is 10.9 Å². The zero-order valence-corrected chi connectivity index (χ0v) is 19.1. The summed E-state index contributed by atoms with van der Waals surface area (Å²) in [6, 6.07) is 8.28. The van der Waals surface area contributed by atoms with Crippen LogP contribution in [0.4, 0.5) is 5.69 Å². The van der Waals surface area contributed by atoms with Gasteiger partial charge in [0.05, 0.1) is 24.8 Å². The molecule has 7 heteroatoms. The van der Waals surface area contributed by atoms with Crippen molar-refractivity contribution in [2.24, 2.45) is 11.8 Å². The van der Waals surface area contributed by atoms with Crippen molar-refractivity contribution in [3.8, 4) is 17.6 Å². The molecule has 3 aliphatic rings. The highest BCUT2D eigenvalue weighted by Crippen LogP contribution is 2.42. The second-order valence-corrected chi connectivity index (χ2v) is 9.75. The van der Waals surface area contributed by atoms with Crippen molar-refractivity contribution in [3.05, 3.63) is 49.8 Å². The van der Waals surface area contributed by atoms with Gasteiger partial charge in [0.15, 0.2) is 5.75 Å². The zero-order valence-electron chi connectivity index (χ0n) is 19.1. The Balaban J connectivity index is 1.10. The number of nitrogens with one attached hydrogen (secondary N) is 1. The molecule has 0 aromatic heterocycles. The molecule has 2 aromatic rings. The molecule has 1 N–H and O–H groups in total. The third kappa shape index (κ3) is 4.24. The minimum absolute atomic E-state index is 0.215. The normalized spacial score (nSPS) is 26.8. The van der Waals surface area contributed by atoms with Crippen molar-refractivity contribution in [2.75, 3.05) is 38.2 Å². The molecule has 5 rings (SSSR count). The summed E-state index contributed by atoms with van der Waals surface area (Å²) < 4.78 is 11.3. The van der Waals surface area contributed by atoms with Gasteiger partial charge in [-0.15, -0.1) is 0 Å². The first-order chi connectivity index (χ1) is 16.1. The summed E-state index contributed by atoms with van der Waals surface area (Å²) in [6.45, 7) is 6.16. The summed E-state index contributed by atoms with van der Waals surface area (Å²) in [7, 11) is 0. The second kappa shape index (κ2) is 9.18. The highest BCUT2D eigenvalue weighted by Gasteiger charge is 2.39. The van der Waals surface area contributed by atoms with Crippen LogP contribution in [0.2, 0.25) is 0 Å². The topological polar surface area (TPSA) is 91.7 Å². The minimum atomic E-state index is -0.504. The molecule has 1 aliphatic carbocycles. The molecule has 2 fully saturated rings. The maximum absolute atomic E-state index is 11.9. The van der Waals surface area contributed by atoms with Gasteiger partial charge >= 0.3 is 0 Å². The molecule has 0 amide bonds. The number of nitriles is 1. The first-order valence-electron chi connectivity index (χ1n) is 12.2. The van der Waals surface area contributed by atoms with E-state index in [-0.39, 0.29) is 11.8 Å².